The summed E-state index contributed by atoms with van der Waals surface area (Å²) in [6.45, 7) is 3.77. The summed E-state index contributed by atoms with van der Waals surface area (Å²) in [5.74, 6) is -1.21. The van der Waals surface area contributed by atoms with Gasteiger partial charge in [0.05, 0.1) is 17.2 Å². The molecule has 1 unspecified atom stereocenters. The van der Waals surface area contributed by atoms with Gasteiger partial charge in [-0.1, -0.05) is 6.92 Å². The Bertz CT molecular complexity index is 520. The number of hydrazone groups is 1. The maximum absolute atomic E-state index is 12.1. The predicted molar refractivity (Wildman–Crippen MR) is 67.8 cm³/mol. The van der Waals surface area contributed by atoms with Crippen LogP contribution in [0.15, 0.2) is 29.4 Å². The monoisotopic (exact) mass is 246 g/mol. The van der Waals surface area contributed by atoms with E-state index in [0.29, 0.717) is 5.69 Å². The van der Waals surface area contributed by atoms with Crippen LogP contribution in [0.1, 0.15) is 30.6 Å². The minimum Gasteiger partial charge on any atom is -0.478 e. The van der Waals surface area contributed by atoms with Crippen LogP contribution in [0, 0.1) is 5.92 Å². The number of rotatable bonds is 3. The fraction of sp³-hybridized carbons (Fsp3) is 0.308. The summed E-state index contributed by atoms with van der Waals surface area (Å²) in [6, 6.07) is 6.12. The first-order valence-corrected chi connectivity index (χ1v) is 5.77. The molecule has 1 aromatic carbocycles. The highest BCUT2D eigenvalue weighted by Crippen LogP contribution is 2.25. The third kappa shape index (κ3) is 1.99. The van der Waals surface area contributed by atoms with Gasteiger partial charge < -0.3 is 5.11 Å². The SMILES string of the molecule is CCC1C(=O)N(c2ccc(C(=O)O)cc2)N=C1C. The molecule has 18 heavy (non-hydrogen) atoms. The lowest BCUT2D eigenvalue weighted by Gasteiger charge is -2.13. The molecule has 0 saturated heterocycles. The first-order chi connectivity index (χ1) is 8.54. The molecule has 0 aliphatic carbocycles. The van der Waals surface area contributed by atoms with Crippen molar-refractivity contribution in [3.05, 3.63) is 29.8 Å². The van der Waals surface area contributed by atoms with Crippen molar-refractivity contribution in [3.63, 3.8) is 0 Å². The van der Waals surface area contributed by atoms with Gasteiger partial charge in [-0.15, -0.1) is 0 Å². The van der Waals surface area contributed by atoms with Crippen LogP contribution in [0.25, 0.3) is 0 Å². The van der Waals surface area contributed by atoms with Gasteiger partial charge >= 0.3 is 5.97 Å². The first kappa shape index (κ1) is 12.3. The molecular weight excluding hydrogens is 232 g/mol. The topological polar surface area (TPSA) is 70.0 Å². The van der Waals surface area contributed by atoms with Crippen molar-refractivity contribution in [1.29, 1.82) is 0 Å². The predicted octanol–water partition coefficient (Wildman–Crippen LogP) is 2.13. The molecule has 0 bridgehead atoms. The number of hydrogen-bond donors (Lipinski definition) is 1. The average Bonchev–Trinajstić information content (AvgIpc) is 2.64. The minimum absolute atomic E-state index is 0.0573. The molecule has 1 heterocycles. The highest BCUT2D eigenvalue weighted by Gasteiger charge is 2.32. The molecule has 1 atom stereocenters. The van der Waals surface area contributed by atoms with E-state index in [0.717, 1.165) is 12.1 Å². The molecule has 5 nitrogen and oxygen atoms in total. The minimum atomic E-state index is -0.986. The van der Waals surface area contributed by atoms with Crippen molar-refractivity contribution in [1.82, 2.24) is 0 Å². The quantitative estimate of drug-likeness (QED) is 0.888. The summed E-state index contributed by atoms with van der Waals surface area (Å²) in [5.41, 5.74) is 1.59. The molecule has 1 aliphatic heterocycles. The van der Waals surface area contributed by atoms with Gasteiger partial charge in [0.15, 0.2) is 0 Å². The van der Waals surface area contributed by atoms with E-state index in [1.165, 1.54) is 17.1 Å². The van der Waals surface area contributed by atoms with Crippen molar-refractivity contribution < 1.29 is 14.7 Å². The molecule has 5 heteroatoms. The summed E-state index contributed by atoms with van der Waals surface area (Å²) < 4.78 is 0. The van der Waals surface area contributed by atoms with E-state index < -0.39 is 5.97 Å². The Kier molecular flexibility index (Phi) is 3.14. The van der Waals surface area contributed by atoms with E-state index >= 15 is 0 Å². The maximum atomic E-state index is 12.1. The molecule has 0 saturated carbocycles. The molecule has 0 spiro atoms. The highest BCUT2D eigenvalue weighted by molar-refractivity contribution is 6.14. The third-order valence-corrected chi connectivity index (χ3v) is 3.04. The fourth-order valence-corrected chi connectivity index (χ4v) is 2.00. The summed E-state index contributed by atoms with van der Waals surface area (Å²) in [4.78, 5) is 22.8. The van der Waals surface area contributed by atoms with E-state index in [-0.39, 0.29) is 17.4 Å². The van der Waals surface area contributed by atoms with Gasteiger partial charge in [0, 0.05) is 5.71 Å². The smallest absolute Gasteiger partial charge is 0.335 e. The van der Waals surface area contributed by atoms with Gasteiger partial charge in [-0.3, -0.25) is 4.79 Å². The van der Waals surface area contributed by atoms with E-state index in [2.05, 4.69) is 5.10 Å². The van der Waals surface area contributed by atoms with Crippen LogP contribution < -0.4 is 5.01 Å². The summed E-state index contributed by atoms with van der Waals surface area (Å²) in [6.07, 6.45) is 0.720. The zero-order valence-electron chi connectivity index (χ0n) is 10.3. The summed E-state index contributed by atoms with van der Waals surface area (Å²) in [5, 5.41) is 14.4. The number of carboxylic acid groups (broad SMARTS) is 1. The number of carboxylic acids is 1. The van der Waals surface area contributed by atoms with Crippen molar-refractivity contribution >= 4 is 23.3 Å². The highest BCUT2D eigenvalue weighted by atomic mass is 16.4. The number of carbonyl (C=O) groups is 2. The van der Waals surface area contributed by atoms with E-state index in [1.807, 2.05) is 13.8 Å². The lowest BCUT2D eigenvalue weighted by atomic mass is 10.0. The van der Waals surface area contributed by atoms with Gasteiger partial charge in [-0.05, 0) is 37.6 Å². The number of amides is 1. The maximum Gasteiger partial charge on any atom is 0.335 e. The molecule has 94 valence electrons. The van der Waals surface area contributed by atoms with Crippen LogP contribution in [0.2, 0.25) is 0 Å². The molecule has 1 aliphatic rings. The number of aromatic carboxylic acids is 1. The van der Waals surface area contributed by atoms with E-state index in [4.69, 9.17) is 5.11 Å². The Morgan fingerprint density at radius 1 is 1.39 bits per heavy atom. The number of hydrogen-bond acceptors (Lipinski definition) is 3. The molecule has 0 fully saturated rings. The van der Waals surface area contributed by atoms with Crippen LogP contribution in [0.5, 0.6) is 0 Å². The van der Waals surface area contributed by atoms with Gasteiger partial charge in [0.25, 0.3) is 5.91 Å². The Hall–Kier alpha value is -2.17. The number of anilines is 1. The third-order valence-electron chi connectivity index (χ3n) is 3.04. The molecule has 1 amide bonds. The Morgan fingerprint density at radius 2 is 2.00 bits per heavy atom. The van der Waals surface area contributed by atoms with Gasteiger partial charge in [0.2, 0.25) is 0 Å². The molecular formula is C13H14N2O3. The normalized spacial score (nSPS) is 19.0. The average molecular weight is 246 g/mol. The van der Waals surface area contributed by atoms with Crippen LogP contribution >= 0.6 is 0 Å². The molecule has 2 rings (SSSR count). The molecule has 0 radical (unpaired) electrons. The van der Waals surface area contributed by atoms with Crippen LogP contribution in [0.3, 0.4) is 0 Å². The Balaban J connectivity index is 2.28. The second kappa shape index (κ2) is 4.60. The molecule has 1 N–H and O–H groups in total. The fourth-order valence-electron chi connectivity index (χ4n) is 2.00. The van der Waals surface area contributed by atoms with Crippen molar-refractivity contribution in [2.75, 3.05) is 5.01 Å². The van der Waals surface area contributed by atoms with E-state index in [1.54, 1.807) is 12.1 Å². The van der Waals surface area contributed by atoms with Gasteiger partial charge in [-0.25, -0.2) is 9.80 Å². The summed E-state index contributed by atoms with van der Waals surface area (Å²) in [7, 11) is 0. The molecule has 0 aromatic heterocycles. The standard InChI is InChI=1S/C13H14N2O3/c1-3-11-8(2)14-15(12(11)16)10-6-4-9(5-7-10)13(17)18/h4-7,11H,3H2,1-2H3,(H,17,18). The van der Waals surface area contributed by atoms with Gasteiger partial charge in [0.1, 0.15) is 0 Å². The van der Waals surface area contributed by atoms with Crippen LogP contribution in [-0.4, -0.2) is 22.7 Å². The Morgan fingerprint density at radius 3 is 2.44 bits per heavy atom. The van der Waals surface area contributed by atoms with Crippen LogP contribution in [-0.2, 0) is 4.79 Å². The van der Waals surface area contributed by atoms with Crippen molar-refractivity contribution in [3.8, 4) is 0 Å². The lowest BCUT2D eigenvalue weighted by molar-refractivity contribution is -0.119. The number of carbonyl (C=O) groups excluding carboxylic acids is 1. The zero-order chi connectivity index (χ0) is 13.3. The van der Waals surface area contributed by atoms with Crippen molar-refractivity contribution in [2.24, 2.45) is 11.0 Å². The largest absolute Gasteiger partial charge is 0.478 e. The first-order valence-electron chi connectivity index (χ1n) is 5.77. The number of nitrogens with zero attached hydrogens (tertiary/aromatic N) is 2. The Labute approximate surface area is 105 Å². The summed E-state index contributed by atoms with van der Waals surface area (Å²) >= 11 is 0. The van der Waals surface area contributed by atoms with Crippen molar-refractivity contribution in [2.45, 2.75) is 20.3 Å². The zero-order valence-corrected chi connectivity index (χ0v) is 10.3. The van der Waals surface area contributed by atoms with E-state index in [9.17, 15) is 9.59 Å². The number of benzene rings is 1. The lowest BCUT2D eigenvalue weighted by Crippen LogP contribution is -2.26. The van der Waals surface area contributed by atoms with Crippen LogP contribution in [0.4, 0.5) is 5.69 Å². The second-order valence-electron chi connectivity index (χ2n) is 4.20. The molecule has 1 aromatic rings. The second-order valence-corrected chi connectivity index (χ2v) is 4.20. The van der Waals surface area contributed by atoms with Gasteiger partial charge in [-0.2, -0.15) is 5.10 Å².